The number of hydrogen-bond donors (Lipinski definition) is 1. The molecule has 7 nitrogen and oxygen atoms in total. The maximum Gasteiger partial charge on any atom is 0.433 e. The largest absolute Gasteiger partial charge is 0.478 e. The monoisotopic (exact) mass is 588 g/mol. The number of halogens is 4. The van der Waals surface area contributed by atoms with Crippen molar-refractivity contribution in [2.24, 2.45) is 0 Å². The predicted molar refractivity (Wildman–Crippen MR) is 150 cm³/mol. The summed E-state index contributed by atoms with van der Waals surface area (Å²) < 4.78 is 42.5. The van der Waals surface area contributed by atoms with E-state index in [9.17, 15) is 27.9 Å². The van der Waals surface area contributed by atoms with Crippen molar-refractivity contribution in [3.63, 3.8) is 0 Å². The molecule has 2 saturated heterocycles. The molecule has 41 heavy (non-hydrogen) atoms. The van der Waals surface area contributed by atoms with Crippen molar-refractivity contribution in [3.8, 4) is 11.1 Å². The lowest BCUT2D eigenvalue weighted by atomic mass is 9.88. The van der Waals surface area contributed by atoms with Crippen LogP contribution in [-0.2, 0) is 11.0 Å². The molecule has 1 N–H and O–H groups in total. The van der Waals surface area contributed by atoms with Crippen LogP contribution in [-0.4, -0.2) is 57.8 Å². The van der Waals surface area contributed by atoms with Gasteiger partial charge in [-0.2, -0.15) is 18.3 Å². The highest BCUT2D eigenvalue weighted by Gasteiger charge is 2.42. The number of likely N-dealkylation sites (tertiary alicyclic amines) is 1. The molecule has 5 rings (SSSR count). The minimum atomic E-state index is -4.85. The molecule has 2 aliphatic heterocycles. The molecule has 0 aliphatic carbocycles. The summed E-state index contributed by atoms with van der Waals surface area (Å²) in [5.41, 5.74) is 1.82. The predicted octanol–water partition coefficient (Wildman–Crippen LogP) is 6.88. The van der Waals surface area contributed by atoms with Crippen LogP contribution >= 0.6 is 11.6 Å². The third kappa shape index (κ3) is 6.07. The summed E-state index contributed by atoms with van der Waals surface area (Å²) in [7, 11) is 0. The number of aromatic carboxylic acids is 1. The van der Waals surface area contributed by atoms with Crippen molar-refractivity contribution in [1.82, 2.24) is 14.7 Å². The number of carboxylic acids is 1. The number of aromatic nitrogens is 2. The van der Waals surface area contributed by atoms with Crippen LogP contribution in [0.4, 0.5) is 18.9 Å². The van der Waals surface area contributed by atoms with Gasteiger partial charge in [0.25, 0.3) is 0 Å². The van der Waals surface area contributed by atoms with E-state index in [0.717, 1.165) is 53.6 Å². The summed E-state index contributed by atoms with van der Waals surface area (Å²) in [4.78, 5) is 27.4. The van der Waals surface area contributed by atoms with E-state index in [0.29, 0.717) is 36.7 Å². The Labute approximate surface area is 241 Å². The molecular formula is C30H32ClF3N4O3. The molecule has 0 radical (unpaired) electrons. The van der Waals surface area contributed by atoms with E-state index in [4.69, 9.17) is 11.6 Å². The van der Waals surface area contributed by atoms with Crippen LogP contribution in [0, 0.1) is 0 Å². The number of carboxylic acid groups (broad SMARTS) is 1. The van der Waals surface area contributed by atoms with Crippen LogP contribution in [0.25, 0.3) is 11.1 Å². The van der Waals surface area contributed by atoms with Gasteiger partial charge in [-0.3, -0.25) is 9.48 Å². The molecule has 11 heteroatoms. The van der Waals surface area contributed by atoms with Gasteiger partial charge in [-0.25, -0.2) is 4.79 Å². The van der Waals surface area contributed by atoms with Crippen molar-refractivity contribution in [1.29, 1.82) is 0 Å². The number of benzene rings is 2. The number of amides is 1. The van der Waals surface area contributed by atoms with Gasteiger partial charge >= 0.3 is 12.1 Å². The van der Waals surface area contributed by atoms with E-state index in [1.165, 1.54) is 5.56 Å². The topological polar surface area (TPSA) is 78.7 Å². The third-order valence-electron chi connectivity index (χ3n) is 8.18. The zero-order valence-electron chi connectivity index (χ0n) is 22.7. The number of nitrogens with zero attached hydrogens (tertiary/aromatic N) is 4. The van der Waals surface area contributed by atoms with Gasteiger partial charge in [-0.1, -0.05) is 48.9 Å². The molecule has 1 unspecified atom stereocenters. The van der Waals surface area contributed by atoms with Gasteiger partial charge in [0.1, 0.15) is 5.56 Å². The second-order valence-corrected chi connectivity index (χ2v) is 11.1. The van der Waals surface area contributed by atoms with Crippen LogP contribution in [0.5, 0.6) is 0 Å². The second-order valence-electron chi connectivity index (χ2n) is 10.7. The summed E-state index contributed by atoms with van der Waals surface area (Å²) in [5, 5.41) is 13.7. The molecule has 1 amide bonds. The highest BCUT2D eigenvalue weighted by Crippen LogP contribution is 2.40. The van der Waals surface area contributed by atoms with Crippen LogP contribution in [0.15, 0.2) is 48.7 Å². The number of alkyl halides is 3. The van der Waals surface area contributed by atoms with Gasteiger partial charge in [-0.15, -0.1) is 0 Å². The fourth-order valence-corrected chi connectivity index (χ4v) is 6.25. The van der Waals surface area contributed by atoms with Crippen LogP contribution < -0.4 is 4.90 Å². The summed E-state index contributed by atoms with van der Waals surface area (Å²) in [6.45, 7) is 4.25. The number of piperidine rings is 2. The van der Waals surface area contributed by atoms with E-state index < -0.39 is 29.4 Å². The van der Waals surface area contributed by atoms with E-state index in [1.54, 1.807) is 6.07 Å². The van der Waals surface area contributed by atoms with Crippen molar-refractivity contribution in [2.45, 2.75) is 57.2 Å². The average molecular weight is 589 g/mol. The van der Waals surface area contributed by atoms with Gasteiger partial charge in [0.15, 0.2) is 5.69 Å². The van der Waals surface area contributed by atoms with E-state index in [2.05, 4.69) is 29.4 Å². The number of carbonyl (C=O) groups is 2. The summed E-state index contributed by atoms with van der Waals surface area (Å²) in [6.07, 6.45) is -0.663. The average Bonchev–Trinajstić information content (AvgIpc) is 3.44. The van der Waals surface area contributed by atoms with Gasteiger partial charge in [0.05, 0.1) is 12.2 Å². The van der Waals surface area contributed by atoms with Gasteiger partial charge in [0.2, 0.25) is 5.91 Å². The quantitative estimate of drug-likeness (QED) is 0.340. The van der Waals surface area contributed by atoms with Gasteiger partial charge < -0.3 is 14.9 Å². The lowest BCUT2D eigenvalue weighted by molar-refractivity contribution is -0.145. The molecule has 1 atom stereocenters. The number of rotatable bonds is 6. The first kappa shape index (κ1) is 29.0. The van der Waals surface area contributed by atoms with Crippen molar-refractivity contribution < 1.29 is 27.9 Å². The Kier molecular flexibility index (Phi) is 8.31. The second kappa shape index (κ2) is 11.8. The standard InChI is InChI=1S/C30H32ClF3N4O3/c1-2-27(39)36-14-11-20(12-15-36)19-5-7-21(8-6-19)24-10-9-22(31)16-26(24)37-13-3-4-23(18-37)38-28(30(32,33)34)25(17-35-38)29(40)41/h5-10,16-17,20,23H,2-4,11-15,18H2,1H3,(H,40,41). The first-order chi connectivity index (χ1) is 19.6. The first-order valence-corrected chi connectivity index (χ1v) is 14.2. The Hall–Kier alpha value is -3.53. The lowest BCUT2D eigenvalue weighted by Gasteiger charge is -2.36. The number of hydrogen-bond acceptors (Lipinski definition) is 4. The fourth-order valence-electron chi connectivity index (χ4n) is 6.08. The van der Waals surface area contributed by atoms with E-state index in [1.807, 2.05) is 28.9 Å². The smallest absolute Gasteiger partial charge is 0.433 e. The molecule has 0 saturated carbocycles. The van der Waals surface area contributed by atoms with Gasteiger partial charge in [0, 0.05) is 48.9 Å². The van der Waals surface area contributed by atoms with Crippen molar-refractivity contribution >= 4 is 29.2 Å². The maximum atomic E-state index is 13.9. The Bertz CT molecular complexity index is 1420. The Balaban J connectivity index is 1.38. The highest BCUT2D eigenvalue weighted by molar-refractivity contribution is 6.31. The van der Waals surface area contributed by atoms with Crippen LogP contribution in [0.2, 0.25) is 5.02 Å². The van der Waals surface area contributed by atoms with Crippen molar-refractivity contribution in [3.05, 3.63) is 70.5 Å². The summed E-state index contributed by atoms with van der Waals surface area (Å²) in [5.74, 6) is -1.08. The molecule has 3 aromatic rings. The molecular weight excluding hydrogens is 557 g/mol. The molecule has 0 bridgehead atoms. The zero-order chi connectivity index (χ0) is 29.3. The Morgan fingerprint density at radius 1 is 1.05 bits per heavy atom. The van der Waals surface area contributed by atoms with Crippen molar-refractivity contribution in [2.75, 3.05) is 31.1 Å². The molecule has 218 valence electrons. The fraction of sp³-hybridized carbons (Fsp3) is 0.433. The summed E-state index contributed by atoms with van der Waals surface area (Å²) >= 11 is 6.39. The molecule has 3 heterocycles. The normalized spacial score (nSPS) is 18.5. The SMILES string of the molecule is CCC(=O)N1CCC(c2ccc(-c3ccc(Cl)cc3N3CCCC(n4ncc(C(=O)O)c4C(F)(F)F)C3)cc2)CC1. The van der Waals surface area contributed by atoms with Crippen LogP contribution in [0.1, 0.15) is 72.6 Å². The van der Waals surface area contributed by atoms with Gasteiger partial charge in [-0.05, 0) is 54.9 Å². The van der Waals surface area contributed by atoms with Crippen LogP contribution in [0.3, 0.4) is 0 Å². The summed E-state index contributed by atoms with van der Waals surface area (Å²) in [6, 6.07) is 13.2. The molecule has 2 aliphatic rings. The first-order valence-electron chi connectivity index (χ1n) is 13.9. The molecule has 2 fully saturated rings. The Morgan fingerprint density at radius 3 is 2.39 bits per heavy atom. The Morgan fingerprint density at radius 2 is 1.76 bits per heavy atom. The zero-order valence-corrected chi connectivity index (χ0v) is 23.5. The lowest BCUT2D eigenvalue weighted by Crippen LogP contribution is -2.38. The third-order valence-corrected chi connectivity index (χ3v) is 8.42. The highest BCUT2D eigenvalue weighted by atomic mass is 35.5. The van der Waals surface area contributed by atoms with E-state index in [-0.39, 0.29) is 12.5 Å². The minimum absolute atomic E-state index is 0.193. The minimum Gasteiger partial charge on any atom is -0.478 e. The molecule has 1 aromatic heterocycles. The molecule has 2 aromatic carbocycles. The number of anilines is 1. The molecule has 0 spiro atoms. The maximum absolute atomic E-state index is 13.9. The van der Waals surface area contributed by atoms with E-state index >= 15 is 0 Å². The number of carbonyl (C=O) groups excluding carboxylic acids is 1.